The smallest absolute Gasteiger partial charge is 0.258 e. The maximum absolute atomic E-state index is 14.6. The number of amides is 4. The molecule has 0 spiro atoms. The van der Waals surface area contributed by atoms with Crippen LogP contribution in [0, 0.1) is 23.6 Å². The summed E-state index contributed by atoms with van der Waals surface area (Å²) >= 11 is 14.9. The molecule has 6 unspecified atom stereocenters. The molecule has 1 N–H and O–H groups in total. The molecule has 2 aliphatic heterocycles. The summed E-state index contributed by atoms with van der Waals surface area (Å²) < 4.78 is 25.2. The van der Waals surface area contributed by atoms with Crippen molar-refractivity contribution >= 4 is 58.2 Å². The Morgan fingerprint density at radius 3 is 2.04 bits per heavy atom. The van der Waals surface area contributed by atoms with Crippen molar-refractivity contribution in [2.45, 2.75) is 28.5 Å². The Bertz CT molecular complexity index is 1830. The summed E-state index contributed by atoms with van der Waals surface area (Å²) in [6.45, 7) is 0. The van der Waals surface area contributed by atoms with Gasteiger partial charge in [0.1, 0.15) is 23.1 Å². The number of carbonyl (C=O) groups is 4. The number of ether oxygens (including phenoxy) is 2. The van der Waals surface area contributed by atoms with Crippen molar-refractivity contribution in [2.24, 2.45) is 17.8 Å². The Kier molecular flexibility index (Phi) is 6.95. The molecule has 9 nitrogen and oxygen atoms in total. The van der Waals surface area contributed by atoms with Gasteiger partial charge in [0.05, 0.1) is 37.4 Å². The van der Waals surface area contributed by atoms with Crippen LogP contribution in [-0.2, 0) is 19.2 Å². The van der Waals surface area contributed by atoms with Crippen LogP contribution in [0.25, 0.3) is 0 Å². The van der Waals surface area contributed by atoms with Crippen LogP contribution in [-0.4, -0.2) is 52.7 Å². The molecular weight excluding hydrogens is 638 g/mol. The Morgan fingerprint density at radius 1 is 0.826 bits per heavy atom. The van der Waals surface area contributed by atoms with Gasteiger partial charge in [-0.15, -0.1) is 23.2 Å². The van der Waals surface area contributed by atoms with E-state index in [1.165, 1.54) is 43.4 Å². The van der Waals surface area contributed by atoms with Crippen molar-refractivity contribution in [3.63, 3.8) is 0 Å². The molecule has 0 radical (unpaired) electrons. The number of alkyl halides is 2. The topological polar surface area (TPSA) is 113 Å². The molecule has 1 saturated carbocycles. The van der Waals surface area contributed by atoms with E-state index in [1.54, 1.807) is 36.4 Å². The van der Waals surface area contributed by atoms with Gasteiger partial charge in [-0.2, -0.15) is 0 Å². The number of hydrogen-bond acceptors (Lipinski definition) is 7. The van der Waals surface area contributed by atoms with Gasteiger partial charge in [0.25, 0.3) is 11.8 Å². The van der Waals surface area contributed by atoms with Gasteiger partial charge in [-0.1, -0.05) is 29.8 Å². The van der Waals surface area contributed by atoms with Gasteiger partial charge >= 0.3 is 0 Å². The minimum Gasteiger partial charge on any atom is -0.508 e. The second kappa shape index (κ2) is 10.6. The predicted octanol–water partition coefficient (Wildman–Crippen LogP) is 5.32. The first kappa shape index (κ1) is 30.3. The molecule has 0 bridgehead atoms. The van der Waals surface area contributed by atoms with Gasteiger partial charge in [0.2, 0.25) is 11.8 Å². The number of methoxy groups -OCH3 is 2. The number of carbonyl (C=O) groups excluding carboxylic acids is 4. The maximum Gasteiger partial charge on any atom is 0.258 e. The average Bonchev–Trinajstić information content (AvgIpc) is 3.39. The molecule has 0 aromatic heterocycles. The number of benzene rings is 3. The molecule has 3 aromatic rings. The van der Waals surface area contributed by atoms with Crippen LogP contribution >= 0.6 is 23.2 Å². The van der Waals surface area contributed by atoms with E-state index in [9.17, 15) is 28.7 Å². The zero-order valence-electron chi connectivity index (χ0n) is 24.6. The number of phenolic OH excluding ortho intramolecular Hbond substituents is 1. The number of phenols is 1. The molecule has 12 heteroatoms. The van der Waals surface area contributed by atoms with Crippen molar-refractivity contribution in [3.8, 4) is 17.2 Å². The number of rotatable bonds is 5. The van der Waals surface area contributed by atoms with E-state index < -0.39 is 57.0 Å². The van der Waals surface area contributed by atoms with Crippen LogP contribution in [0.15, 0.2) is 78.4 Å². The summed E-state index contributed by atoms with van der Waals surface area (Å²) in [4.78, 5) is 54.6. The maximum atomic E-state index is 14.6. The third-order valence-electron chi connectivity index (χ3n) is 9.73. The van der Waals surface area contributed by atoms with Crippen molar-refractivity contribution in [2.75, 3.05) is 24.0 Å². The van der Waals surface area contributed by atoms with Crippen LogP contribution in [0.5, 0.6) is 17.2 Å². The highest BCUT2D eigenvalue weighted by molar-refractivity contribution is 6.58. The number of nitrogens with zero attached hydrogens (tertiary/aromatic N) is 2. The van der Waals surface area contributed by atoms with E-state index in [4.69, 9.17) is 32.7 Å². The van der Waals surface area contributed by atoms with Gasteiger partial charge < -0.3 is 14.6 Å². The zero-order valence-corrected chi connectivity index (χ0v) is 26.1. The van der Waals surface area contributed by atoms with Crippen LogP contribution in [0.1, 0.15) is 24.3 Å². The first-order valence-electron chi connectivity index (χ1n) is 14.6. The van der Waals surface area contributed by atoms with Crippen LogP contribution in [0.2, 0.25) is 0 Å². The second-order valence-electron chi connectivity index (χ2n) is 11.9. The molecular formula is C34H27Cl2FN2O7. The SMILES string of the molecule is COc1cc(O)cc(OC)c1C1C2=CCC3C(=O)N(c4ccccc4)C(=O)C3C2CC2(Cl)C(=O)N(c3ccc(F)cc3)C(=O)C12Cl. The number of anilines is 2. The number of hydrogen-bond donors (Lipinski definition) is 1. The van der Waals surface area contributed by atoms with E-state index >= 15 is 0 Å². The third-order valence-corrected chi connectivity index (χ3v) is 11.1. The zero-order chi connectivity index (χ0) is 32.7. The van der Waals surface area contributed by atoms with E-state index in [0.29, 0.717) is 11.3 Å². The molecule has 7 rings (SSSR count). The van der Waals surface area contributed by atoms with Crippen LogP contribution in [0.4, 0.5) is 15.8 Å². The van der Waals surface area contributed by atoms with E-state index in [1.807, 2.05) is 0 Å². The largest absolute Gasteiger partial charge is 0.508 e. The van der Waals surface area contributed by atoms with Crippen molar-refractivity contribution in [1.82, 2.24) is 0 Å². The number of aromatic hydroxyl groups is 1. The fourth-order valence-electron chi connectivity index (χ4n) is 7.76. The van der Waals surface area contributed by atoms with Crippen molar-refractivity contribution in [1.29, 1.82) is 0 Å². The lowest BCUT2D eigenvalue weighted by Crippen LogP contribution is -2.60. The van der Waals surface area contributed by atoms with Crippen molar-refractivity contribution in [3.05, 3.63) is 89.8 Å². The quantitative estimate of drug-likeness (QED) is 0.223. The normalized spacial score (nSPS) is 30.2. The molecule has 236 valence electrons. The molecule has 3 aromatic carbocycles. The summed E-state index contributed by atoms with van der Waals surface area (Å²) in [7, 11) is 2.73. The Hall–Kier alpha value is -4.41. The average molecular weight is 666 g/mol. The monoisotopic (exact) mass is 664 g/mol. The molecule has 6 atom stereocenters. The highest BCUT2D eigenvalue weighted by Crippen LogP contribution is 2.67. The molecule has 46 heavy (non-hydrogen) atoms. The van der Waals surface area contributed by atoms with Gasteiger partial charge in [0, 0.05) is 23.6 Å². The summed E-state index contributed by atoms with van der Waals surface area (Å²) in [6.07, 6.45) is 1.71. The molecule has 2 saturated heterocycles. The first-order valence-corrected chi connectivity index (χ1v) is 15.3. The molecule has 4 aliphatic rings. The molecule has 3 fully saturated rings. The summed E-state index contributed by atoms with van der Waals surface area (Å²) in [5.41, 5.74) is 1.24. The Labute approximate surface area is 273 Å². The van der Waals surface area contributed by atoms with Crippen LogP contribution in [0.3, 0.4) is 0 Å². The first-order chi connectivity index (χ1) is 22.0. The molecule has 2 heterocycles. The summed E-state index contributed by atoms with van der Waals surface area (Å²) in [6, 6.07) is 16.0. The Balaban J connectivity index is 1.46. The number of halogens is 3. The number of fused-ring (bicyclic) bond motifs is 4. The number of allylic oxidation sites excluding steroid dienone is 2. The number of para-hydroxylation sites is 1. The van der Waals surface area contributed by atoms with E-state index in [-0.39, 0.29) is 47.2 Å². The van der Waals surface area contributed by atoms with Gasteiger partial charge in [0.15, 0.2) is 9.75 Å². The minimum absolute atomic E-state index is 0.0615. The highest BCUT2D eigenvalue weighted by Gasteiger charge is 2.77. The van der Waals surface area contributed by atoms with Crippen molar-refractivity contribution < 1.29 is 38.1 Å². The Morgan fingerprint density at radius 2 is 1.43 bits per heavy atom. The molecule has 2 aliphatic carbocycles. The van der Waals surface area contributed by atoms with Gasteiger partial charge in [-0.05, 0) is 55.2 Å². The van der Waals surface area contributed by atoms with E-state index in [0.717, 1.165) is 17.0 Å². The summed E-state index contributed by atoms with van der Waals surface area (Å²) in [5.74, 6) is -6.76. The van der Waals surface area contributed by atoms with Gasteiger partial charge in [-0.25, -0.2) is 9.29 Å². The third kappa shape index (κ3) is 3.92. The highest BCUT2D eigenvalue weighted by atomic mass is 35.5. The van der Waals surface area contributed by atoms with Gasteiger partial charge in [-0.3, -0.25) is 24.1 Å². The predicted molar refractivity (Wildman–Crippen MR) is 167 cm³/mol. The fraction of sp³-hybridized carbons (Fsp3) is 0.294. The van der Waals surface area contributed by atoms with Crippen LogP contribution < -0.4 is 19.3 Å². The standard InChI is InChI=1S/C34H27Cl2FN2O7/c1-45-24-14-20(40)15-25(46-2)27(24)28-21-12-13-22-26(30(42)38(29(22)41)18-6-4-3-5-7-18)23(21)16-33(35)31(43)39(32(44)34(28,33)36)19-10-8-17(37)9-11-19/h3-12,14-15,22-23,26,28,40H,13,16H2,1-2H3. The summed E-state index contributed by atoms with van der Waals surface area (Å²) in [5, 5.41) is 10.5. The fourth-order valence-corrected chi connectivity index (χ4v) is 8.68. The minimum atomic E-state index is -2.20. The lowest BCUT2D eigenvalue weighted by molar-refractivity contribution is -0.125. The second-order valence-corrected chi connectivity index (χ2v) is 13.1. The van der Waals surface area contributed by atoms with E-state index in [2.05, 4.69) is 0 Å². The number of imide groups is 2. The lowest BCUT2D eigenvalue weighted by atomic mass is 9.56. The lowest BCUT2D eigenvalue weighted by Gasteiger charge is -2.51. The molecule has 4 amide bonds.